The van der Waals surface area contributed by atoms with Crippen molar-refractivity contribution in [1.29, 1.82) is 0 Å². The zero-order valence-electron chi connectivity index (χ0n) is 12.8. The number of carbonyl (C=O) groups is 1. The standard InChI is InChI=1S/C20H18N2O/c23-15-18-8-4-5-9-19(18)17-10-11-20(22-14-17)21-13-12-16-6-2-1-3-7-16/h1-11,14-15H,12-13H2,(H,21,22). The molecule has 0 aliphatic carbocycles. The molecule has 0 unspecified atom stereocenters. The number of carbonyl (C=O) groups excluding carboxylic acids is 1. The first-order valence-corrected chi connectivity index (χ1v) is 7.65. The number of benzene rings is 2. The Kier molecular flexibility index (Phi) is 4.79. The Hall–Kier alpha value is -2.94. The van der Waals surface area contributed by atoms with Crippen molar-refractivity contribution in [2.75, 3.05) is 11.9 Å². The number of nitrogens with one attached hydrogen (secondary N) is 1. The number of hydrogen-bond donors (Lipinski definition) is 1. The largest absolute Gasteiger partial charge is 0.370 e. The van der Waals surface area contributed by atoms with Crippen molar-refractivity contribution < 1.29 is 4.79 Å². The molecule has 0 saturated heterocycles. The first-order valence-electron chi connectivity index (χ1n) is 7.65. The number of pyridine rings is 1. The van der Waals surface area contributed by atoms with Gasteiger partial charge in [0.25, 0.3) is 0 Å². The molecule has 3 heteroatoms. The van der Waals surface area contributed by atoms with Crippen LogP contribution >= 0.6 is 0 Å². The molecule has 3 aromatic rings. The van der Waals surface area contributed by atoms with E-state index in [4.69, 9.17) is 0 Å². The predicted octanol–water partition coefficient (Wildman–Crippen LogP) is 4.22. The van der Waals surface area contributed by atoms with E-state index in [9.17, 15) is 4.79 Å². The van der Waals surface area contributed by atoms with Gasteiger partial charge in [-0.05, 0) is 29.7 Å². The van der Waals surface area contributed by atoms with Gasteiger partial charge in [-0.3, -0.25) is 4.79 Å². The van der Waals surface area contributed by atoms with Crippen molar-refractivity contribution in [2.45, 2.75) is 6.42 Å². The van der Waals surface area contributed by atoms with E-state index in [1.165, 1.54) is 5.56 Å². The van der Waals surface area contributed by atoms with Crippen molar-refractivity contribution in [3.8, 4) is 11.1 Å². The second-order valence-corrected chi connectivity index (χ2v) is 5.30. The second-order valence-electron chi connectivity index (χ2n) is 5.30. The molecule has 2 aromatic carbocycles. The summed E-state index contributed by atoms with van der Waals surface area (Å²) in [7, 11) is 0. The van der Waals surface area contributed by atoms with E-state index < -0.39 is 0 Å². The van der Waals surface area contributed by atoms with Crippen LogP contribution in [-0.4, -0.2) is 17.8 Å². The lowest BCUT2D eigenvalue weighted by Crippen LogP contribution is -2.06. The summed E-state index contributed by atoms with van der Waals surface area (Å²) < 4.78 is 0. The molecular formula is C20H18N2O. The lowest BCUT2D eigenvalue weighted by molar-refractivity contribution is 0.112. The molecule has 0 atom stereocenters. The Labute approximate surface area is 136 Å². The molecule has 0 amide bonds. The number of hydrogen-bond acceptors (Lipinski definition) is 3. The van der Waals surface area contributed by atoms with Gasteiger partial charge in [-0.15, -0.1) is 0 Å². The van der Waals surface area contributed by atoms with Crippen LogP contribution < -0.4 is 5.32 Å². The summed E-state index contributed by atoms with van der Waals surface area (Å²) in [5.74, 6) is 0.841. The number of rotatable bonds is 6. The third-order valence-electron chi connectivity index (χ3n) is 3.72. The number of nitrogens with zero attached hydrogens (tertiary/aromatic N) is 1. The highest BCUT2D eigenvalue weighted by atomic mass is 16.1. The number of aromatic nitrogens is 1. The van der Waals surface area contributed by atoms with Crippen LogP contribution in [-0.2, 0) is 6.42 Å². The molecule has 0 radical (unpaired) electrons. The highest BCUT2D eigenvalue weighted by Gasteiger charge is 2.04. The van der Waals surface area contributed by atoms with Gasteiger partial charge in [0.2, 0.25) is 0 Å². The van der Waals surface area contributed by atoms with Crippen LogP contribution in [0.15, 0.2) is 72.9 Å². The Balaban J connectivity index is 1.64. The Bertz CT molecular complexity index is 767. The molecule has 1 N–H and O–H groups in total. The summed E-state index contributed by atoms with van der Waals surface area (Å²) in [6.07, 6.45) is 3.63. The lowest BCUT2D eigenvalue weighted by Gasteiger charge is -2.08. The summed E-state index contributed by atoms with van der Waals surface area (Å²) in [5, 5.41) is 3.32. The van der Waals surface area contributed by atoms with Crippen LogP contribution in [0.3, 0.4) is 0 Å². The maximum atomic E-state index is 11.1. The minimum absolute atomic E-state index is 0.680. The smallest absolute Gasteiger partial charge is 0.150 e. The summed E-state index contributed by atoms with van der Waals surface area (Å²) in [5.41, 5.74) is 3.84. The van der Waals surface area contributed by atoms with Crippen molar-refractivity contribution in [2.24, 2.45) is 0 Å². The zero-order chi connectivity index (χ0) is 15.9. The van der Waals surface area contributed by atoms with Crippen LogP contribution in [0.1, 0.15) is 15.9 Å². The SMILES string of the molecule is O=Cc1ccccc1-c1ccc(NCCc2ccccc2)nc1. The predicted molar refractivity (Wildman–Crippen MR) is 93.7 cm³/mol. The maximum Gasteiger partial charge on any atom is 0.150 e. The molecule has 114 valence electrons. The molecule has 3 rings (SSSR count). The molecule has 0 aliphatic rings. The zero-order valence-corrected chi connectivity index (χ0v) is 12.8. The quantitative estimate of drug-likeness (QED) is 0.693. The minimum Gasteiger partial charge on any atom is -0.370 e. The van der Waals surface area contributed by atoms with E-state index in [0.29, 0.717) is 5.56 Å². The van der Waals surface area contributed by atoms with Crippen molar-refractivity contribution in [1.82, 2.24) is 4.98 Å². The van der Waals surface area contributed by atoms with Gasteiger partial charge in [0.1, 0.15) is 5.82 Å². The highest BCUT2D eigenvalue weighted by molar-refractivity contribution is 5.87. The van der Waals surface area contributed by atoms with Crippen LogP contribution in [0.25, 0.3) is 11.1 Å². The molecule has 0 saturated carbocycles. The van der Waals surface area contributed by atoms with Crippen molar-refractivity contribution in [3.63, 3.8) is 0 Å². The fourth-order valence-corrected chi connectivity index (χ4v) is 2.50. The molecule has 1 aromatic heterocycles. The Morgan fingerprint density at radius 1 is 0.913 bits per heavy atom. The molecule has 0 spiro atoms. The highest BCUT2D eigenvalue weighted by Crippen LogP contribution is 2.22. The Morgan fingerprint density at radius 3 is 2.43 bits per heavy atom. The Morgan fingerprint density at radius 2 is 1.70 bits per heavy atom. The van der Waals surface area contributed by atoms with Gasteiger partial charge in [-0.25, -0.2) is 4.98 Å². The van der Waals surface area contributed by atoms with Crippen molar-refractivity contribution in [3.05, 3.63) is 84.1 Å². The molecule has 0 bridgehead atoms. The maximum absolute atomic E-state index is 11.1. The molecule has 23 heavy (non-hydrogen) atoms. The van der Waals surface area contributed by atoms with Gasteiger partial charge in [0.05, 0.1) is 0 Å². The first-order chi connectivity index (χ1) is 11.4. The third-order valence-corrected chi connectivity index (χ3v) is 3.72. The van der Waals surface area contributed by atoms with Gasteiger partial charge in [0, 0.05) is 23.9 Å². The summed E-state index contributed by atoms with van der Waals surface area (Å²) in [6.45, 7) is 0.835. The van der Waals surface area contributed by atoms with E-state index in [0.717, 1.165) is 36.2 Å². The van der Waals surface area contributed by atoms with Gasteiger partial charge in [-0.2, -0.15) is 0 Å². The molecular weight excluding hydrogens is 284 g/mol. The normalized spacial score (nSPS) is 10.3. The van der Waals surface area contributed by atoms with Gasteiger partial charge < -0.3 is 5.32 Å². The molecule has 0 aliphatic heterocycles. The van der Waals surface area contributed by atoms with E-state index in [2.05, 4.69) is 22.4 Å². The summed E-state index contributed by atoms with van der Waals surface area (Å²) >= 11 is 0. The van der Waals surface area contributed by atoms with Crippen LogP contribution in [0.2, 0.25) is 0 Å². The average molecular weight is 302 g/mol. The van der Waals surface area contributed by atoms with Crippen molar-refractivity contribution >= 4 is 12.1 Å². The van der Waals surface area contributed by atoms with Crippen LogP contribution in [0.5, 0.6) is 0 Å². The molecule has 0 fully saturated rings. The third kappa shape index (κ3) is 3.83. The average Bonchev–Trinajstić information content (AvgIpc) is 2.63. The summed E-state index contributed by atoms with van der Waals surface area (Å²) in [4.78, 5) is 15.5. The summed E-state index contributed by atoms with van der Waals surface area (Å²) in [6, 6.07) is 21.8. The van der Waals surface area contributed by atoms with E-state index >= 15 is 0 Å². The monoisotopic (exact) mass is 302 g/mol. The van der Waals surface area contributed by atoms with Gasteiger partial charge >= 0.3 is 0 Å². The van der Waals surface area contributed by atoms with Gasteiger partial charge in [-0.1, -0.05) is 54.6 Å². The van der Waals surface area contributed by atoms with E-state index in [1.807, 2.05) is 54.6 Å². The van der Waals surface area contributed by atoms with E-state index in [-0.39, 0.29) is 0 Å². The first kappa shape index (κ1) is 15.0. The van der Waals surface area contributed by atoms with Crippen LogP contribution in [0.4, 0.5) is 5.82 Å². The van der Waals surface area contributed by atoms with E-state index in [1.54, 1.807) is 6.20 Å². The minimum atomic E-state index is 0.680. The molecule has 3 nitrogen and oxygen atoms in total. The fraction of sp³-hybridized carbons (Fsp3) is 0.100. The lowest BCUT2D eigenvalue weighted by atomic mass is 10.0. The topological polar surface area (TPSA) is 42.0 Å². The van der Waals surface area contributed by atoms with Crippen LogP contribution in [0, 0.1) is 0 Å². The number of aldehydes is 1. The molecule has 1 heterocycles. The second kappa shape index (κ2) is 7.36. The van der Waals surface area contributed by atoms with Gasteiger partial charge in [0.15, 0.2) is 6.29 Å². The fourth-order valence-electron chi connectivity index (χ4n) is 2.50. The number of anilines is 1.